The van der Waals surface area contributed by atoms with Crippen molar-refractivity contribution in [3.05, 3.63) is 34.1 Å². The molecule has 0 spiro atoms. The summed E-state index contributed by atoms with van der Waals surface area (Å²) in [5.74, 6) is -0.151. The van der Waals surface area contributed by atoms with Crippen molar-refractivity contribution in [1.82, 2.24) is 4.90 Å². The van der Waals surface area contributed by atoms with E-state index < -0.39 is 0 Å². The molecule has 0 radical (unpaired) electrons. The average Bonchev–Trinajstić information content (AvgIpc) is 2.42. The van der Waals surface area contributed by atoms with Gasteiger partial charge in [0.25, 0.3) is 0 Å². The molecule has 1 heterocycles. The van der Waals surface area contributed by atoms with Crippen molar-refractivity contribution < 1.29 is 14.2 Å². The van der Waals surface area contributed by atoms with Gasteiger partial charge in [0.2, 0.25) is 0 Å². The Kier molecular flexibility index (Phi) is 5.76. The Labute approximate surface area is 121 Å². The lowest BCUT2D eigenvalue weighted by atomic mass is 10.1. The molecule has 1 aliphatic rings. The number of aliphatic hydroxyl groups is 1. The largest absolute Gasteiger partial charge is 0.394 e. The molecule has 1 N–H and O–H groups in total. The van der Waals surface area contributed by atoms with Gasteiger partial charge in [0.1, 0.15) is 5.82 Å². The SMILES string of the molecule is OCCOC1CCN(Cc2cc(Br)ccc2F)CC1. The molecule has 2 rings (SSSR count). The first-order valence-electron chi connectivity index (χ1n) is 6.58. The lowest BCUT2D eigenvalue weighted by Crippen LogP contribution is -2.37. The molecule has 0 aliphatic carbocycles. The van der Waals surface area contributed by atoms with Crippen molar-refractivity contribution in [3.8, 4) is 0 Å². The monoisotopic (exact) mass is 331 g/mol. The van der Waals surface area contributed by atoms with Gasteiger partial charge in [0.15, 0.2) is 0 Å². The maximum absolute atomic E-state index is 13.7. The Morgan fingerprint density at radius 1 is 1.37 bits per heavy atom. The molecule has 1 aromatic carbocycles. The third kappa shape index (κ3) is 4.53. The molecule has 106 valence electrons. The zero-order valence-electron chi connectivity index (χ0n) is 10.8. The van der Waals surface area contributed by atoms with Crippen LogP contribution in [0.3, 0.4) is 0 Å². The Hall–Kier alpha value is -0.490. The van der Waals surface area contributed by atoms with Crippen LogP contribution in [0.25, 0.3) is 0 Å². The van der Waals surface area contributed by atoms with Crippen LogP contribution in [0, 0.1) is 5.82 Å². The number of likely N-dealkylation sites (tertiary alicyclic amines) is 1. The van der Waals surface area contributed by atoms with Gasteiger partial charge >= 0.3 is 0 Å². The fraction of sp³-hybridized carbons (Fsp3) is 0.571. The molecule has 0 bridgehead atoms. The number of halogens is 2. The molecule has 0 saturated carbocycles. The van der Waals surface area contributed by atoms with E-state index in [9.17, 15) is 4.39 Å². The molecule has 5 heteroatoms. The number of hydrogen-bond acceptors (Lipinski definition) is 3. The molecule has 0 unspecified atom stereocenters. The van der Waals surface area contributed by atoms with E-state index in [0.29, 0.717) is 13.2 Å². The molecular weight excluding hydrogens is 313 g/mol. The second kappa shape index (κ2) is 7.33. The van der Waals surface area contributed by atoms with Gasteiger partial charge in [-0.25, -0.2) is 4.39 Å². The van der Waals surface area contributed by atoms with E-state index in [1.165, 1.54) is 6.07 Å². The molecule has 19 heavy (non-hydrogen) atoms. The minimum Gasteiger partial charge on any atom is -0.394 e. The van der Waals surface area contributed by atoms with Gasteiger partial charge in [-0.05, 0) is 31.0 Å². The molecule has 3 nitrogen and oxygen atoms in total. The first kappa shape index (κ1) is 14.9. The molecule has 0 aromatic heterocycles. The Morgan fingerprint density at radius 3 is 2.79 bits per heavy atom. The second-order valence-corrected chi connectivity index (χ2v) is 5.72. The normalized spacial score (nSPS) is 17.8. The van der Waals surface area contributed by atoms with E-state index in [4.69, 9.17) is 9.84 Å². The summed E-state index contributed by atoms with van der Waals surface area (Å²) in [5.41, 5.74) is 0.726. The standard InChI is InChI=1S/C14H19BrFNO2/c15-12-1-2-14(16)11(9-12)10-17-5-3-13(4-6-17)19-8-7-18/h1-2,9,13,18H,3-8,10H2. The molecule has 1 fully saturated rings. The topological polar surface area (TPSA) is 32.7 Å². The van der Waals surface area contributed by atoms with Crippen LogP contribution in [0.1, 0.15) is 18.4 Å². The Balaban J connectivity index is 1.83. The molecular formula is C14H19BrFNO2. The van der Waals surface area contributed by atoms with Gasteiger partial charge in [0, 0.05) is 29.7 Å². The summed E-state index contributed by atoms with van der Waals surface area (Å²) in [7, 11) is 0. The summed E-state index contributed by atoms with van der Waals surface area (Å²) in [6.07, 6.45) is 2.11. The van der Waals surface area contributed by atoms with Crippen LogP contribution >= 0.6 is 15.9 Å². The highest BCUT2D eigenvalue weighted by atomic mass is 79.9. The quantitative estimate of drug-likeness (QED) is 0.900. The van der Waals surface area contributed by atoms with Gasteiger partial charge < -0.3 is 9.84 Å². The minimum atomic E-state index is -0.151. The Morgan fingerprint density at radius 2 is 2.11 bits per heavy atom. The van der Waals surface area contributed by atoms with Crippen molar-refractivity contribution >= 4 is 15.9 Å². The van der Waals surface area contributed by atoms with Gasteiger partial charge in [-0.3, -0.25) is 4.90 Å². The lowest BCUT2D eigenvalue weighted by Gasteiger charge is -2.31. The molecule has 1 saturated heterocycles. The number of nitrogens with zero attached hydrogens (tertiary/aromatic N) is 1. The zero-order valence-corrected chi connectivity index (χ0v) is 12.4. The highest BCUT2D eigenvalue weighted by Crippen LogP contribution is 2.20. The number of hydrogen-bond donors (Lipinski definition) is 1. The van der Waals surface area contributed by atoms with Crippen LogP contribution in [-0.2, 0) is 11.3 Å². The number of benzene rings is 1. The number of aliphatic hydroxyl groups excluding tert-OH is 1. The van der Waals surface area contributed by atoms with Crippen LogP contribution in [-0.4, -0.2) is 42.4 Å². The van der Waals surface area contributed by atoms with Gasteiger partial charge in [-0.15, -0.1) is 0 Å². The fourth-order valence-corrected chi connectivity index (χ4v) is 2.77. The third-order valence-electron chi connectivity index (χ3n) is 3.38. The van der Waals surface area contributed by atoms with Gasteiger partial charge in [0.05, 0.1) is 19.3 Å². The fourth-order valence-electron chi connectivity index (χ4n) is 2.36. The Bertz CT molecular complexity index is 408. The van der Waals surface area contributed by atoms with E-state index in [2.05, 4.69) is 20.8 Å². The van der Waals surface area contributed by atoms with E-state index in [1.54, 1.807) is 6.07 Å². The van der Waals surface area contributed by atoms with Crippen molar-refractivity contribution in [2.75, 3.05) is 26.3 Å². The summed E-state index contributed by atoms with van der Waals surface area (Å²) in [5, 5.41) is 8.72. The summed E-state index contributed by atoms with van der Waals surface area (Å²) >= 11 is 3.37. The summed E-state index contributed by atoms with van der Waals surface area (Å²) in [4.78, 5) is 2.24. The van der Waals surface area contributed by atoms with Crippen LogP contribution in [0.15, 0.2) is 22.7 Å². The van der Waals surface area contributed by atoms with E-state index in [0.717, 1.165) is 36.0 Å². The smallest absolute Gasteiger partial charge is 0.127 e. The second-order valence-electron chi connectivity index (χ2n) is 4.81. The van der Waals surface area contributed by atoms with Crippen molar-refractivity contribution in [2.24, 2.45) is 0 Å². The van der Waals surface area contributed by atoms with Crippen LogP contribution < -0.4 is 0 Å². The highest BCUT2D eigenvalue weighted by Gasteiger charge is 2.20. The number of piperidine rings is 1. The molecule has 1 aliphatic heterocycles. The van der Waals surface area contributed by atoms with Crippen molar-refractivity contribution in [1.29, 1.82) is 0 Å². The van der Waals surface area contributed by atoms with Crippen LogP contribution in [0.2, 0.25) is 0 Å². The van der Waals surface area contributed by atoms with Crippen molar-refractivity contribution in [3.63, 3.8) is 0 Å². The predicted octanol–water partition coefficient (Wildman–Crippen LogP) is 2.56. The predicted molar refractivity (Wildman–Crippen MR) is 75.4 cm³/mol. The molecule has 0 amide bonds. The first-order valence-corrected chi connectivity index (χ1v) is 7.37. The van der Waals surface area contributed by atoms with E-state index in [1.807, 2.05) is 6.07 Å². The number of ether oxygens (including phenoxy) is 1. The summed E-state index contributed by atoms with van der Waals surface area (Å²) < 4.78 is 20.1. The zero-order chi connectivity index (χ0) is 13.7. The highest BCUT2D eigenvalue weighted by molar-refractivity contribution is 9.10. The van der Waals surface area contributed by atoms with Gasteiger partial charge in [-0.1, -0.05) is 15.9 Å². The van der Waals surface area contributed by atoms with Crippen LogP contribution in [0.4, 0.5) is 4.39 Å². The maximum Gasteiger partial charge on any atom is 0.127 e. The minimum absolute atomic E-state index is 0.0729. The van der Waals surface area contributed by atoms with Gasteiger partial charge in [-0.2, -0.15) is 0 Å². The van der Waals surface area contributed by atoms with E-state index >= 15 is 0 Å². The molecule has 0 atom stereocenters. The number of rotatable bonds is 5. The summed E-state index contributed by atoms with van der Waals surface area (Å²) in [6, 6.07) is 5.05. The maximum atomic E-state index is 13.7. The third-order valence-corrected chi connectivity index (χ3v) is 3.87. The van der Waals surface area contributed by atoms with Crippen LogP contribution in [0.5, 0.6) is 0 Å². The molecule has 1 aromatic rings. The average molecular weight is 332 g/mol. The lowest BCUT2D eigenvalue weighted by molar-refractivity contribution is -0.00915. The summed E-state index contributed by atoms with van der Waals surface area (Å²) in [6.45, 7) is 2.93. The van der Waals surface area contributed by atoms with Crippen molar-refractivity contribution in [2.45, 2.75) is 25.5 Å². The van der Waals surface area contributed by atoms with E-state index in [-0.39, 0.29) is 18.5 Å². The first-order chi connectivity index (χ1) is 9.19.